The van der Waals surface area contributed by atoms with Crippen molar-refractivity contribution < 1.29 is 41.1 Å². The van der Waals surface area contributed by atoms with Crippen LogP contribution in [0.1, 0.15) is 34.2 Å². The number of nitrogens with zero attached hydrogens (tertiary/aromatic N) is 1. The summed E-state index contributed by atoms with van der Waals surface area (Å²) in [7, 11) is 0. The number of rotatable bonds is 6. The van der Waals surface area contributed by atoms with E-state index in [2.05, 4.69) is 26.3 Å². The SMILES string of the molecule is Cc1ccccc1C[C@@H]1NC(=O)Cc2ccccc2NC(=O)C[C@H](Cc2c(F)c(F)c(F)c(F)c2F)NC(=O)[C@H](Cc2cccnc2)NC1=O. The van der Waals surface area contributed by atoms with Crippen LogP contribution in [0.2, 0.25) is 0 Å². The monoisotopic (exact) mass is 693 g/mol. The average Bonchev–Trinajstić information content (AvgIpc) is 3.09. The fraction of sp³-hybridized carbons (Fsp3) is 0.250. The maximum atomic E-state index is 14.8. The van der Waals surface area contributed by atoms with Gasteiger partial charge in [0.1, 0.15) is 12.1 Å². The predicted molar refractivity (Wildman–Crippen MR) is 172 cm³/mol. The molecular formula is C36H32F5N5O4. The van der Waals surface area contributed by atoms with Crippen LogP contribution in [0.5, 0.6) is 0 Å². The van der Waals surface area contributed by atoms with E-state index in [9.17, 15) is 41.1 Å². The van der Waals surface area contributed by atoms with Crippen LogP contribution >= 0.6 is 0 Å². The highest BCUT2D eigenvalue weighted by molar-refractivity contribution is 5.96. The number of halogens is 5. The van der Waals surface area contributed by atoms with E-state index < -0.39 is 89.2 Å². The highest BCUT2D eigenvalue weighted by Crippen LogP contribution is 2.25. The number of aryl methyl sites for hydroxylation is 1. The second-order valence-corrected chi connectivity index (χ2v) is 11.9. The van der Waals surface area contributed by atoms with Gasteiger partial charge in [-0.3, -0.25) is 24.2 Å². The van der Waals surface area contributed by atoms with E-state index in [-0.39, 0.29) is 24.9 Å². The largest absolute Gasteiger partial charge is 0.351 e. The van der Waals surface area contributed by atoms with Crippen LogP contribution in [0.4, 0.5) is 27.6 Å². The number of anilines is 1. The Morgan fingerprint density at radius 3 is 2.02 bits per heavy atom. The van der Waals surface area contributed by atoms with Crippen molar-refractivity contribution in [2.24, 2.45) is 0 Å². The molecule has 4 amide bonds. The minimum absolute atomic E-state index is 0.0483. The van der Waals surface area contributed by atoms with Gasteiger partial charge in [-0.05, 0) is 47.7 Å². The third-order valence-electron chi connectivity index (χ3n) is 8.30. The van der Waals surface area contributed by atoms with Gasteiger partial charge in [0, 0.05) is 48.9 Å². The lowest BCUT2D eigenvalue weighted by Gasteiger charge is -2.26. The number of carbonyl (C=O) groups excluding carboxylic acids is 4. The zero-order valence-electron chi connectivity index (χ0n) is 26.7. The fourth-order valence-corrected chi connectivity index (χ4v) is 5.70. The molecule has 1 aliphatic heterocycles. The third kappa shape index (κ3) is 8.49. The molecule has 0 radical (unpaired) electrons. The lowest BCUT2D eigenvalue weighted by molar-refractivity contribution is -0.132. The molecular weight excluding hydrogens is 661 g/mol. The van der Waals surface area contributed by atoms with Gasteiger partial charge in [-0.2, -0.15) is 0 Å². The molecule has 0 saturated carbocycles. The molecule has 0 saturated heterocycles. The zero-order chi connectivity index (χ0) is 35.9. The summed E-state index contributed by atoms with van der Waals surface area (Å²) in [5.41, 5.74) is 1.40. The lowest BCUT2D eigenvalue weighted by Crippen LogP contribution is -2.56. The molecule has 260 valence electrons. The molecule has 9 nitrogen and oxygen atoms in total. The van der Waals surface area contributed by atoms with Crippen molar-refractivity contribution in [2.45, 2.75) is 57.2 Å². The van der Waals surface area contributed by atoms with E-state index in [1.807, 2.05) is 19.1 Å². The summed E-state index contributed by atoms with van der Waals surface area (Å²) in [5, 5.41) is 10.5. The quantitative estimate of drug-likeness (QED) is 0.137. The van der Waals surface area contributed by atoms with E-state index in [4.69, 9.17) is 0 Å². The summed E-state index contributed by atoms with van der Waals surface area (Å²) in [6.07, 6.45) is 0.904. The van der Waals surface area contributed by atoms with Crippen LogP contribution < -0.4 is 21.3 Å². The molecule has 0 aliphatic carbocycles. The number of hydrogen-bond donors (Lipinski definition) is 4. The minimum Gasteiger partial charge on any atom is -0.351 e. The number of pyridine rings is 1. The van der Waals surface area contributed by atoms with Gasteiger partial charge >= 0.3 is 0 Å². The number of carbonyl (C=O) groups is 4. The maximum absolute atomic E-state index is 14.8. The molecule has 50 heavy (non-hydrogen) atoms. The fourth-order valence-electron chi connectivity index (χ4n) is 5.70. The first-order valence-corrected chi connectivity index (χ1v) is 15.6. The Balaban J connectivity index is 1.56. The smallest absolute Gasteiger partial charge is 0.243 e. The molecule has 3 aromatic carbocycles. The van der Waals surface area contributed by atoms with Crippen LogP contribution in [0.15, 0.2) is 73.1 Å². The van der Waals surface area contributed by atoms with E-state index >= 15 is 0 Å². The predicted octanol–water partition coefficient (Wildman–Crippen LogP) is 4.15. The molecule has 14 heteroatoms. The van der Waals surface area contributed by atoms with Gasteiger partial charge in [0.05, 0.1) is 6.42 Å². The highest BCUT2D eigenvalue weighted by atomic mass is 19.2. The van der Waals surface area contributed by atoms with Gasteiger partial charge in [-0.15, -0.1) is 0 Å². The van der Waals surface area contributed by atoms with Gasteiger partial charge in [0.25, 0.3) is 0 Å². The second-order valence-electron chi connectivity index (χ2n) is 11.9. The molecule has 3 atom stereocenters. The Hall–Kier alpha value is -5.66. The van der Waals surface area contributed by atoms with Crippen molar-refractivity contribution in [3.05, 3.63) is 130 Å². The highest BCUT2D eigenvalue weighted by Gasteiger charge is 2.32. The number of amides is 4. The summed E-state index contributed by atoms with van der Waals surface area (Å²) in [4.78, 5) is 58.5. The average molecular weight is 694 g/mol. The molecule has 0 unspecified atom stereocenters. The van der Waals surface area contributed by atoms with Crippen molar-refractivity contribution in [1.29, 1.82) is 0 Å². The standard InChI is InChI=1S/C36H32F5N5O4/c1-19-7-2-3-9-21(19)14-27-36(50)46-26(13-20-8-6-12-42-18-20)35(49)43-23(16-24-30(37)32(39)34(41)33(40)31(24)38)17-29(48)44-25-11-5-4-10-22(25)15-28(47)45-27/h2-12,18,23,26-27H,13-17H2,1H3,(H,43,49)(H,44,48)(H,45,47)(H,46,50)/t23-,26-,27-/m0/s1. The van der Waals surface area contributed by atoms with Crippen LogP contribution in [-0.2, 0) is 44.9 Å². The maximum Gasteiger partial charge on any atom is 0.243 e. The van der Waals surface area contributed by atoms with Gasteiger partial charge in [-0.25, -0.2) is 22.0 Å². The van der Waals surface area contributed by atoms with Crippen molar-refractivity contribution in [2.75, 3.05) is 5.32 Å². The summed E-state index contributed by atoms with van der Waals surface area (Å²) in [6, 6.07) is 12.6. The van der Waals surface area contributed by atoms with E-state index in [0.29, 0.717) is 11.1 Å². The number of aromatic nitrogens is 1. The summed E-state index contributed by atoms with van der Waals surface area (Å²) < 4.78 is 71.7. The van der Waals surface area contributed by atoms with E-state index in [0.717, 1.165) is 11.1 Å². The van der Waals surface area contributed by atoms with Crippen LogP contribution in [-0.4, -0.2) is 46.7 Å². The molecule has 4 N–H and O–H groups in total. The first-order chi connectivity index (χ1) is 23.9. The third-order valence-corrected chi connectivity index (χ3v) is 8.30. The van der Waals surface area contributed by atoms with Crippen molar-refractivity contribution in [3.8, 4) is 0 Å². The molecule has 0 bridgehead atoms. The van der Waals surface area contributed by atoms with Crippen LogP contribution in [0.25, 0.3) is 0 Å². The Labute approximate surface area is 283 Å². The molecule has 1 aliphatic rings. The van der Waals surface area contributed by atoms with Gasteiger partial charge in [0.2, 0.25) is 29.4 Å². The Morgan fingerprint density at radius 1 is 0.680 bits per heavy atom. The normalized spacial score (nSPS) is 18.9. The Bertz CT molecular complexity index is 1900. The number of fused-ring (bicyclic) bond motifs is 1. The van der Waals surface area contributed by atoms with Crippen molar-refractivity contribution >= 4 is 29.3 Å². The van der Waals surface area contributed by atoms with Crippen LogP contribution in [0.3, 0.4) is 0 Å². The van der Waals surface area contributed by atoms with E-state index in [1.54, 1.807) is 42.5 Å². The van der Waals surface area contributed by atoms with E-state index in [1.165, 1.54) is 18.5 Å². The van der Waals surface area contributed by atoms with Crippen molar-refractivity contribution in [3.63, 3.8) is 0 Å². The second kappa shape index (κ2) is 15.7. The zero-order valence-corrected chi connectivity index (χ0v) is 26.7. The number of benzene rings is 3. The summed E-state index contributed by atoms with van der Waals surface area (Å²) >= 11 is 0. The molecule has 4 aromatic rings. The lowest BCUT2D eigenvalue weighted by atomic mass is 9.98. The molecule has 0 spiro atoms. The Morgan fingerprint density at radius 2 is 1.32 bits per heavy atom. The number of nitrogens with one attached hydrogen (secondary N) is 4. The molecule has 1 aromatic heterocycles. The van der Waals surface area contributed by atoms with Gasteiger partial charge in [0.15, 0.2) is 23.3 Å². The van der Waals surface area contributed by atoms with Gasteiger partial charge in [-0.1, -0.05) is 48.5 Å². The molecule has 5 rings (SSSR count). The Kier molecular flexibility index (Phi) is 11.2. The molecule has 0 fully saturated rings. The molecule has 2 heterocycles. The van der Waals surface area contributed by atoms with Crippen molar-refractivity contribution in [1.82, 2.24) is 20.9 Å². The summed E-state index contributed by atoms with van der Waals surface area (Å²) in [5.74, 6) is -14.0. The number of hydrogen-bond acceptors (Lipinski definition) is 5. The number of para-hydroxylation sites is 1. The minimum atomic E-state index is -2.35. The first-order valence-electron chi connectivity index (χ1n) is 15.6. The topological polar surface area (TPSA) is 129 Å². The van der Waals surface area contributed by atoms with Gasteiger partial charge < -0.3 is 21.3 Å². The first kappa shape index (κ1) is 35.6. The summed E-state index contributed by atoms with van der Waals surface area (Å²) in [6.45, 7) is 1.84. The van der Waals surface area contributed by atoms with Crippen LogP contribution in [0, 0.1) is 36.0 Å².